The minimum Gasteiger partial charge on any atom is -0.350 e. The number of aromatic nitrogens is 4. The van der Waals surface area contributed by atoms with E-state index in [1.165, 1.54) is 12.8 Å². The van der Waals surface area contributed by atoms with Gasteiger partial charge in [-0.15, -0.1) is 0 Å². The number of nitrogens with zero attached hydrogens (tertiary/aromatic N) is 5. The van der Waals surface area contributed by atoms with Crippen molar-refractivity contribution in [1.82, 2.24) is 30.0 Å². The van der Waals surface area contributed by atoms with Crippen LogP contribution in [0.1, 0.15) is 66.2 Å². The van der Waals surface area contributed by atoms with Crippen LogP contribution in [0.25, 0.3) is 16.9 Å². The molecule has 3 heterocycles. The molecule has 0 aromatic carbocycles. The fourth-order valence-electron chi connectivity index (χ4n) is 4.87. The molecule has 0 bridgehead atoms. The summed E-state index contributed by atoms with van der Waals surface area (Å²) in [6.07, 6.45) is 8.68. The summed E-state index contributed by atoms with van der Waals surface area (Å²) < 4.78 is 1.77. The molecular weight excluding hydrogens is 388 g/mol. The van der Waals surface area contributed by atoms with Crippen LogP contribution < -0.4 is 5.32 Å². The first kappa shape index (κ1) is 20.1. The Labute approximate surface area is 182 Å². The summed E-state index contributed by atoms with van der Waals surface area (Å²) in [6, 6.07) is 7.72. The van der Waals surface area contributed by atoms with E-state index in [9.17, 15) is 4.79 Å². The summed E-state index contributed by atoms with van der Waals surface area (Å²) >= 11 is 0. The first-order valence-corrected chi connectivity index (χ1v) is 11.3. The van der Waals surface area contributed by atoms with Gasteiger partial charge in [-0.1, -0.05) is 18.9 Å². The molecule has 1 amide bonds. The van der Waals surface area contributed by atoms with Crippen LogP contribution in [0, 0.1) is 6.92 Å². The molecule has 2 aliphatic carbocycles. The second-order valence-corrected chi connectivity index (χ2v) is 9.26. The van der Waals surface area contributed by atoms with Crippen LogP contribution in [-0.2, 0) is 0 Å². The molecule has 5 rings (SSSR count). The van der Waals surface area contributed by atoms with Gasteiger partial charge in [0.15, 0.2) is 11.5 Å². The van der Waals surface area contributed by atoms with Crippen LogP contribution in [0.3, 0.4) is 0 Å². The zero-order valence-electron chi connectivity index (χ0n) is 18.6. The zero-order valence-corrected chi connectivity index (χ0v) is 18.6. The summed E-state index contributed by atoms with van der Waals surface area (Å²) in [6.45, 7) is 2.60. The van der Waals surface area contributed by atoms with Crippen molar-refractivity contribution in [3.63, 3.8) is 0 Å². The second kappa shape index (κ2) is 7.71. The Morgan fingerprint density at radius 2 is 2.03 bits per heavy atom. The van der Waals surface area contributed by atoms with E-state index in [2.05, 4.69) is 29.3 Å². The third-order valence-electron chi connectivity index (χ3n) is 7.00. The van der Waals surface area contributed by atoms with Crippen molar-refractivity contribution in [2.75, 3.05) is 20.6 Å². The van der Waals surface area contributed by atoms with Crippen LogP contribution in [0.4, 0.5) is 0 Å². The van der Waals surface area contributed by atoms with Gasteiger partial charge in [-0.2, -0.15) is 9.78 Å². The number of aryl methyl sites for hydroxylation is 1. The van der Waals surface area contributed by atoms with E-state index in [0.717, 1.165) is 42.5 Å². The fraction of sp³-hybridized carbons (Fsp3) is 0.500. The van der Waals surface area contributed by atoms with Crippen molar-refractivity contribution in [2.24, 2.45) is 0 Å². The highest BCUT2D eigenvalue weighted by molar-refractivity contribution is 6.06. The van der Waals surface area contributed by atoms with Crippen molar-refractivity contribution in [1.29, 1.82) is 0 Å². The van der Waals surface area contributed by atoms with E-state index in [0.29, 0.717) is 29.5 Å². The number of carbonyl (C=O) groups excluding carboxylic acids is 1. The number of amides is 1. The van der Waals surface area contributed by atoms with Gasteiger partial charge in [0, 0.05) is 29.9 Å². The zero-order chi connectivity index (χ0) is 21.6. The van der Waals surface area contributed by atoms with Crippen LogP contribution in [0.15, 0.2) is 30.5 Å². The Morgan fingerprint density at radius 3 is 2.68 bits per heavy atom. The van der Waals surface area contributed by atoms with Crippen molar-refractivity contribution in [2.45, 2.75) is 56.9 Å². The topological polar surface area (TPSA) is 75.9 Å². The van der Waals surface area contributed by atoms with Crippen molar-refractivity contribution in [3.8, 4) is 5.82 Å². The molecule has 0 radical (unpaired) electrons. The number of hydrogen-bond acceptors (Lipinski definition) is 5. The first-order chi connectivity index (χ1) is 15.0. The molecule has 0 saturated heterocycles. The van der Waals surface area contributed by atoms with E-state index in [4.69, 9.17) is 10.1 Å². The molecule has 0 aliphatic heterocycles. The first-order valence-electron chi connectivity index (χ1n) is 11.3. The minimum absolute atomic E-state index is 0.0360. The molecule has 1 N–H and O–H groups in total. The van der Waals surface area contributed by atoms with Gasteiger partial charge in [0.2, 0.25) is 0 Å². The molecule has 2 fully saturated rings. The summed E-state index contributed by atoms with van der Waals surface area (Å²) in [5.41, 5.74) is 3.23. The van der Waals surface area contributed by atoms with Gasteiger partial charge in [0.25, 0.3) is 5.91 Å². The third kappa shape index (κ3) is 3.61. The molecule has 2 saturated carbocycles. The Kier molecular flexibility index (Phi) is 5.01. The largest absolute Gasteiger partial charge is 0.350 e. The lowest BCUT2D eigenvalue weighted by atomic mass is 9.95. The average molecular weight is 419 g/mol. The summed E-state index contributed by atoms with van der Waals surface area (Å²) in [5.74, 6) is 1.11. The molecule has 162 valence electrons. The van der Waals surface area contributed by atoms with Crippen LogP contribution >= 0.6 is 0 Å². The maximum atomic E-state index is 13.5. The molecule has 3 aromatic heterocycles. The number of rotatable bonds is 6. The lowest BCUT2D eigenvalue weighted by Gasteiger charge is -2.36. The smallest absolute Gasteiger partial charge is 0.252 e. The van der Waals surface area contributed by atoms with Gasteiger partial charge in [-0.3, -0.25) is 4.79 Å². The van der Waals surface area contributed by atoms with Crippen molar-refractivity contribution >= 4 is 16.9 Å². The van der Waals surface area contributed by atoms with E-state index in [1.54, 1.807) is 10.9 Å². The average Bonchev–Trinajstić information content (AvgIpc) is 3.42. The quantitative estimate of drug-likeness (QED) is 0.662. The number of nitrogens with one attached hydrogen (secondary N) is 1. The van der Waals surface area contributed by atoms with E-state index < -0.39 is 0 Å². The predicted octanol–water partition coefficient (Wildman–Crippen LogP) is 3.61. The summed E-state index contributed by atoms with van der Waals surface area (Å²) in [4.78, 5) is 25.1. The lowest BCUT2D eigenvalue weighted by Crippen LogP contribution is -2.50. The van der Waals surface area contributed by atoms with E-state index >= 15 is 0 Å². The number of likely N-dealkylation sites (N-methyl/N-ethyl adjacent to an activating group) is 1. The maximum Gasteiger partial charge on any atom is 0.252 e. The molecular formula is C24H30N6O. The highest BCUT2D eigenvalue weighted by Gasteiger charge is 2.36. The number of carbonyl (C=O) groups is 1. The number of hydrogen-bond donors (Lipinski definition) is 1. The van der Waals surface area contributed by atoms with E-state index in [-0.39, 0.29) is 11.4 Å². The second-order valence-electron chi connectivity index (χ2n) is 9.26. The summed E-state index contributed by atoms with van der Waals surface area (Å²) in [7, 11) is 4.24. The molecule has 0 atom stereocenters. The standard InChI is InChI=1S/C24H30N6O/c1-16-21-18(23(31)26-15-24(29(2)3)11-5-6-12-24)14-19(17-9-10-17)27-22(21)30(28-16)20-8-4-7-13-25-20/h4,7-8,13-14,17H,5-6,9-12,15H2,1-3H3,(H,26,31). The maximum absolute atomic E-state index is 13.5. The van der Waals surface area contributed by atoms with Gasteiger partial charge < -0.3 is 10.2 Å². The third-order valence-corrected chi connectivity index (χ3v) is 7.00. The number of pyridine rings is 2. The Bertz CT molecular complexity index is 1110. The van der Waals surface area contributed by atoms with Gasteiger partial charge in [-0.05, 0) is 64.9 Å². The van der Waals surface area contributed by atoms with Crippen LogP contribution in [0.2, 0.25) is 0 Å². The molecule has 31 heavy (non-hydrogen) atoms. The predicted molar refractivity (Wildman–Crippen MR) is 121 cm³/mol. The van der Waals surface area contributed by atoms with Crippen LogP contribution in [0.5, 0.6) is 0 Å². The highest BCUT2D eigenvalue weighted by atomic mass is 16.1. The monoisotopic (exact) mass is 418 g/mol. The Hall–Kier alpha value is -2.80. The van der Waals surface area contributed by atoms with E-state index in [1.807, 2.05) is 31.2 Å². The SMILES string of the molecule is Cc1nn(-c2ccccn2)c2nc(C3CC3)cc(C(=O)NCC3(N(C)C)CCCC3)c12. The minimum atomic E-state index is -0.0360. The normalized spacial score (nSPS) is 18.1. The molecule has 0 unspecified atom stereocenters. The van der Waals surface area contributed by atoms with Crippen molar-refractivity contribution in [3.05, 3.63) is 47.4 Å². The Balaban J connectivity index is 1.55. The Morgan fingerprint density at radius 1 is 1.26 bits per heavy atom. The molecule has 3 aromatic rings. The molecule has 7 heteroatoms. The van der Waals surface area contributed by atoms with Crippen LogP contribution in [-0.4, -0.2) is 56.7 Å². The molecule has 2 aliphatic rings. The summed E-state index contributed by atoms with van der Waals surface area (Å²) in [5, 5.41) is 8.78. The highest BCUT2D eigenvalue weighted by Crippen LogP contribution is 2.41. The van der Waals surface area contributed by atoms with Crippen molar-refractivity contribution < 1.29 is 4.79 Å². The van der Waals surface area contributed by atoms with Gasteiger partial charge in [0.1, 0.15) is 0 Å². The molecule has 0 spiro atoms. The number of fused-ring (bicyclic) bond motifs is 1. The van der Waals surface area contributed by atoms with Gasteiger partial charge in [-0.25, -0.2) is 9.97 Å². The van der Waals surface area contributed by atoms with Gasteiger partial charge in [0.05, 0.1) is 16.6 Å². The van der Waals surface area contributed by atoms with Gasteiger partial charge >= 0.3 is 0 Å². The lowest BCUT2D eigenvalue weighted by molar-refractivity contribution is 0.0901. The molecule has 7 nitrogen and oxygen atoms in total. The fourth-order valence-corrected chi connectivity index (χ4v) is 4.87.